The number of pyridine rings is 1. The lowest BCUT2D eigenvalue weighted by molar-refractivity contribution is 0.0951. The molecule has 3 aromatic heterocycles. The number of carbonyl (C=O) groups is 1. The maximum Gasteiger partial charge on any atom is 0.251 e. The Hall–Kier alpha value is -3.97. The molecule has 5 aromatic rings. The molecule has 1 N–H and O–H groups in total. The first-order valence-corrected chi connectivity index (χ1v) is 11.6. The first kappa shape index (κ1) is 20.9. The smallest absolute Gasteiger partial charge is 0.251 e. The number of thiophene rings is 1. The normalized spacial score (nSPS) is 10.9. The molecule has 164 valence electrons. The van der Waals surface area contributed by atoms with E-state index in [9.17, 15) is 4.79 Å². The van der Waals surface area contributed by atoms with Crippen LogP contribution in [-0.2, 0) is 13.0 Å². The molecule has 0 saturated carbocycles. The number of rotatable bonds is 8. The van der Waals surface area contributed by atoms with E-state index in [4.69, 9.17) is 4.74 Å². The number of nitrogens with zero attached hydrogens (tertiary/aromatic N) is 3. The molecule has 0 aliphatic carbocycles. The molecule has 0 bridgehead atoms. The van der Waals surface area contributed by atoms with E-state index in [0.29, 0.717) is 18.7 Å². The third kappa shape index (κ3) is 4.94. The Labute approximate surface area is 195 Å². The van der Waals surface area contributed by atoms with E-state index in [-0.39, 0.29) is 5.91 Å². The lowest BCUT2D eigenvalue weighted by Gasteiger charge is -2.09. The van der Waals surface area contributed by atoms with E-state index in [0.717, 1.165) is 34.5 Å². The van der Waals surface area contributed by atoms with Gasteiger partial charge in [0.15, 0.2) is 0 Å². The van der Waals surface area contributed by atoms with Crippen LogP contribution in [0.15, 0.2) is 90.1 Å². The van der Waals surface area contributed by atoms with Gasteiger partial charge in [-0.15, -0.1) is 0 Å². The van der Waals surface area contributed by atoms with Crippen LogP contribution in [0, 0.1) is 0 Å². The zero-order chi connectivity index (χ0) is 22.5. The number of imidazole rings is 1. The molecule has 1 amide bonds. The molecule has 0 atom stereocenters. The molecule has 5 rings (SSSR count). The van der Waals surface area contributed by atoms with Crippen molar-refractivity contribution in [2.45, 2.75) is 13.0 Å². The van der Waals surface area contributed by atoms with E-state index < -0.39 is 0 Å². The zero-order valence-corrected chi connectivity index (χ0v) is 18.7. The molecule has 0 radical (unpaired) electrons. The first-order chi connectivity index (χ1) is 16.3. The maximum absolute atomic E-state index is 12.6. The van der Waals surface area contributed by atoms with E-state index >= 15 is 0 Å². The van der Waals surface area contributed by atoms with Crippen LogP contribution in [0.4, 0.5) is 0 Å². The summed E-state index contributed by atoms with van der Waals surface area (Å²) in [6.45, 7) is 1.06. The highest BCUT2D eigenvalue weighted by molar-refractivity contribution is 7.07. The lowest BCUT2D eigenvalue weighted by atomic mass is 10.1. The van der Waals surface area contributed by atoms with Crippen molar-refractivity contribution < 1.29 is 9.53 Å². The van der Waals surface area contributed by atoms with Gasteiger partial charge in [0.1, 0.15) is 12.1 Å². The number of benzene rings is 2. The van der Waals surface area contributed by atoms with Crippen molar-refractivity contribution in [2.75, 3.05) is 6.61 Å². The molecule has 7 heteroatoms. The van der Waals surface area contributed by atoms with Gasteiger partial charge < -0.3 is 10.1 Å². The molecule has 6 nitrogen and oxygen atoms in total. The van der Waals surface area contributed by atoms with Crippen molar-refractivity contribution in [3.8, 4) is 11.4 Å². The van der Waals surface area contributed by atoms with E-state index in [1.54, 1.807) is 30.1 Å². The standard InChI is InChI=1S/C26H22N4O2S/c31-26(28-16-20-3-2-10-27-15-20)21-6-7-25-24(13-21)29-18-30(25)22-4-1-5-23(14-22)32-11-8-19-9-12-33-17-19/h1-7,9-10,12-15,17-18H,8,11,16H2,(H,28,31). The predicted octanol–water partition coefficient (Wildman–Crippen LogP) is 5.03. The molecule has 0 fully saturated rings. The van der Waals surface area contributed by atoms with E-state index in [2.05, 4.69) is 32.1 Å². The molecule has 2 aromatic carbocycles. The molecule has 0 spiro atoms. The zero-order valence-electron chi connectivity index (χ0n) is 17.8. The largest absolute Gasteiger partial charge is 0.493 e. The van der Waals surface area contributed by atoms with Crippen molar-refractivity contribution in [2.24, 2.45) is 0 Å². The Kier molecular flexibility index (Phi) is 6.12. The van der Waals surface area contributed by atoms with Gasteiger partial charge in [-0.3, -0.25) is 14.3 Å². The van der Waals surface area contributed by atoms with Crippen LogP contribution in [0.2, 0.25) is 0 Å². The van der Waals surface area contributed by atoms with E-state index in [1.807, 2.05) is 59.2 Å². The van der Waals surface area contributed by atoms with Crippen molar-refractivity contribution in [1.29, 1.82) is 0 Å². The van der Waals surface area contributed by atoms with Crippen LogP contribution < -0.4 is 10.1 Å². The average Bonchev–Trinajstić information content (AvgIpc) is 3.53. The number of hydrogen-bond acceptors (Lipinski definition) is 5. The Balaban J connectivity index is 1.29. The molecule has 33 heavy (non-hydrogen) atoms. The van der Waals surface area contributed by atoms with Crippen LogP contribution >= 0.6 is 11.3 Å². The second-order valence-electron chi connectivity index (χ2n) is 7.59. The van der Waals surface area contributed by atoms with Crippen LogP contribution in [0.5, 0.6) is 5.75 Å². The Morgan fingerprint density at radius 3 is 2.88 bits per heavy atom. The number of amides is 1. The molecule has 3 heterocycles. The molecule has 0 aliphatic heterocycles. The van der Waals surface area contributed by atoms with Crippen LogP contribution in [0.3, 0.4) is 0 Å². The molecule has 0 unspecified atom stereocenters. The Morgan fingerprint density at radius 1 is 1.06 bits per heavy atom. The summed E-state index contributed by atoms with van der Waals surface area (Å²) >= 11 is 1.70. The number of ether oxygens (including phenoxy) is 1. The summed E-state index contributed by atoms with van der Waals surface area (Å²) in [5.41, 5.74) is 5.45. The highest BCUT2D eigenvalue weighted by atomic mass is 32.1. The number of aromatic nitrogens is 3. The van der Waals surface area contributed by atoms with Gasteiger partial charge in [0, 0.05) is 37.0 Å². The van der Waals surface area contributed by atoms with Crippen LogP contribution in [0.25, 0.3) is 16.7 Å². The summed E-state index contributed by atoms with van der Waals surface area (Å²) in [5, 5.41) is 7.15. The van der Waals surface area contributed by atoms with Crippen molar-refractivity contribution >= 4 is 28.3 Å². The summed E-state index contributed by atoms with van der Waals surface area (Å²) < 4.78 is 7.96. The summed E-state index contributed by atoms with van der Waals surface area (Å²) in [6, 6.07) is 19.4. The average molecular weight is 455 g/mol. The molecular formula is C26H22N4O2S. The fraction of sp³-hybridized carbons (Fsp3) is 0.115. The Morgan fingerprint density at radius 2 is 2.03 bits per heavy atom. The SMILES string of the molecule is O=C(NCc1cccnc1)c1ccc2c(c1)ncn2-c1cccc(OCCc2ccsc2)c1. The number of hydrogen-bond donors (Lipinski definition) is 1. The van der Waals surface area contributed by atoms with Gasteiger partial charge in [0.2, 0.25) is 0 Å². The van der Waals surface area contributed by atoms with E-state index in [1.165, 1.54) is 5.56 Å². The summed E-state index contributed by atoms with van der Waals surface area (Å²) in [5.74, 6) is 0.673. The van der Waals surface area contributed by atoms with Gasteiger partial charge in [-0.05, 0) is 64.4 Å². The van der Waals surface area contributed by atoms with Gasteiger partial charge in [-0.2, -0.15) is 11.3 Å². The quantitative estimate of drug-likeness (QED) is 0.357. The van der Waals surface area contributed by atoms with Crippen molar-refractivity contribution in [3.63, 3.8) is 0 Å². The minimum atomic E-state index is -0.142. The number of nitrogens with one attached hydrogen (secondary N) is 1. The van der Waals surface area contributed by atoms with Crippen molar-refractivity contribution in [1.82, 2.24) is 19.9 Å². The third-order valence-corrected chi connectivity index (χ3v) is 6.05. The van der Waals surface area contributed by atoms with Crippen LogP contribution in [-0.4, -0.2) is 27.0 Å². The topological polar surface area (TPSA) is 69.0 Å². The van der Waals surface area contributed by atoms with Gasteiger partial charge in [0.05, 0.1) is 23.3 Å². The third-order valence-electron chi connectivity index (χ3n) is 5.32. The summed E-state index contributed by atoms with van der Waals surface area (Å²) in [7, 11) is 0. The fourth-order valence-electron chi connectivity index (χ4n) is 3.59. The highest BCUT2D eigenvalue weighted by Crippen LogP contribution is 2.23. The Bertz CT molecular complexity index is 1360. The first-order valence-electron chi connectivity index (χ1n) is 10.6. The van der Waals surface area contributed by atoms with Gasteiger partial charge >= 0.3 is 0 Å². The predicted molar refractivity (Wildman–Crippen MR) is 130 cm³/mol. The monoisotopic (exact) mass is 454 g/mol. The van der Waals surface area contributed by atoms with Gasteiger partial charge in [-0.25, -0.2) is 4.98 Å². The van der Waals surface area contributed by atoms with Gasteiger partial charge in [-0.1, -0.05) is 12.1 Å². The number of carbonyl (C=O) groups excluding carboxylic acids is 1. The highest BCUT2D eigenvalue weighted by Gasteiger charge is 2.11. The van der Waals surface area contributed by atoms with Crippen molar-refractivity contribution in [3.05, 3.63) is 107 Å². The maximum atomic E-state index is 12.6. The fourth-order valence-corrected chi connectivity index (χ4v) is 4.29. The minimum Gasteiger partial charge on any atom is -0.493 e. The number of fused-ring (bicyclic) bond motifs is 1. The van der Waals surface area contributed by atoms with Crippen LogP contribution in [0.1, 0.15) is 21.5 Å². The minimum absolute atomic E-state index is 0.142. The summed E-state index contributed by atoms with van der Waals surface area (Å²) in [6.07, 6.45) is 6.10. The molecular weight excluding hydrogens is 432 g/mol. The second-order valence-corrected chi connectivity index (χ2v) is 8.37. The second kappa shape index (κ2) is 9.67. The molecule has 0 aliphatic rings. The lowest BCUT2D eigenvalue weighted by Crippen LogP contribution is -2.22. The summed E-state index contributed by atoms with van der Waals surface area (Å²) in [4.78, 5) is 21.2. The molecule has 0 saturated heterocycles. The van der Waals surface area contributed by atoms with Gasteiger partial charge in [0.25, 0.3) is 5.91 Å².